The Hall–Kier alpha value is -1.88. The van der Waals surface area contributed by atoms with Crippen molar-refractivity contribution in [2.24, 2.45) is 11.7 Å². The van der Waals surface area contributed by atoms with E-state index in [-0.39, 0.29) is 18.2 Å². The van der Waals surface area contributed by atoms with E-state index < -0.39 is 5.97 Å². The van der Waals surface area contributed by atoms with Crippen molar-refractivity contribution < 1.29 is 14.7 Å². The maximum absolute atomic E-state index is 12.1. The van der Waals surface area contributed by atoms with E-state index in [1.165, 1.54) is 0 Å². The molecule has 5 nitrogen and oxygen atoms in total. The summed E-state index contributed by atoms with van der Waals surface area (Å²) >= 11 is 0. The molecule has 0 atom stereocenters. The Balaban J connectivity index is 1.89. The van der Waals surface area contributed by atoms with Crippen LogP contribution in [0.3, 0.4) is 0 Å². The first-order chi connectivity index (χ1) is 9.10. The first-order valence-corrected chi connectivity index (χ1v) is 6.40. The smallest absolute Gasteiger partial charge is 0.303 e. The third-order valence-corrected chi connectivity index (χ3v) is 3.34. The molecule has 0 saturated carbocycles. The predicted molar refractivity (Wildman–Crippen MR) is 70.8 cm³/mol. The summed E-state index contributed by atoms with van der Waals surface area (Å²) in [6, 6.07) is 7.43. The van der Waals surface area contributed by atoms with Gasteiger partial charge < -0.3 is 15.7 Å². The Bertz CT molecular complexity index is 464. The van der Waals surface area contributed by atoms with Gasteiger partial charge in [-0.05, 0) is 30.7 Å². The van der Waals surface area contributed by atoms with Crippen LogP contribution in [-0.2, 0) is 11.2 Å². The molecule has 1 saturated heterocycles. The molecule has 1 heterocycles. The summed E-state index contributed by atoms with van der Waals surface area (Å²) in [6.45, 7) is 1.67. The van der Waals surface area contributed by atoms with Gasteiger partial charge in [0, 0.05) is 24.6 Å². The van der Waals surface area contributed by atoms with Gasteiger partial charge in [-0.15, -0.1) is 0 Å². The molecule has 1 amide bonds. The summed E-state index contributed by atoms with van der Waals surface area (Å²) < 4.78 is 0. The van der Waals surface area contributed by atoms with Gasteiger partial charge in [-0.1, -0.05) is 12.1 Å². The van der Waals surface area contributed by atoms with E-state index in [1.54, 1.807) is 17.0 Å². The minimum atomic E-state index is -0.803. The van der Waals surface area contributed by atoms with Crippen LogP contribution in [0.25, 0.3) is 0 Å². The van der Waals surface area contributed by atoms with E-state index >= 15 is 0 Å². The molecule has 1 aromatic rings. The largest absolute Gasteiger partial charge is 0.481 e. The van der Waals surface area contributed by atoms with E-state index in [4.69, 9.17) is 10.8 Å². The predicted octanol–water partition coefficient (Wildman–Crippen LogP) is 0.734. The first-order valence-electron chi connectivity index (χ1n) is 6.40. The second-order valence-corrected chi connectivity index (χ2v) is 4.91. The van der Waals surface area contributed by atoms with Crippen molar-refractivity contribution >= 4 is 11.9 Å². The van der Waals surface area contributed by atoms with Gasteiger partial charge in [0.15, 0.2) is 0 Å². The maximum Gasteiger partial charge on any atom is 0.303 e. The molecule has 1 fully saturated rings. The molecule has 5 heteroatoms. The van der Waals surface area contributed by atoms with Crippen molar-refractivity contribution in [2.45, 2.75) is 12.8 Å². The molecular formula is C14H18N2O3. The van der Waals surface area contributed by atoms with Crippen LogP contribution in [0.5, 0.6) is 0 Å². The number of rotatable bonds is 5. The molecule has 19 heavy (non-hydrogen) atoms. The normalized spacial score (nSPS) is 15.1. The van der Waals surface area contributed by atoms with E-state index in [0.717, 1.165) is 12.0 Å². The lowest BCUT2D eigenvalue weighted by Crippen LogP contribution is -2.50. The van der Waals surface area contributed by atoms with Crippen molar-refractivity contribution in [3.05, 3.63) is 35.4 Å². The van der Waals surface area contributed by atoms with Crippen LogP contribution in [0, 0.1) is 5.92 Å². The SMILES string of the molecule is NCCc1ccc(C(=O)N2CC(CC(=O)O)C2)cc1. The van der Waals surface area contributed by atoms with E-state index in [2.05, 4.69) is 0 Å². The lowest BCUT2D eigenvalue weighted by atomic mass is 9.95. The molecule has 1 aliphatic rings. The number of nitrogens with two attached hydrogens (primary N) is 1. The second-order valence-electron chi connectivity index (χ2n) is 4.91. The van der Waals surface area contributed by atoms with E-state index in [0.29, 0.717) is 25.2 Å². The highest BCUT2D eigenvalue weighted by Gasteiger charge is 2.32. The van der Waals surface area contributed by atoms with Crippen molar-refractivity contribution in [2.75, 3.05) is 19.6 Å². The number of likely N-dealkylation sites (tertiary alicyclic amines) is 1. The van der Waals surface area contributed by atoms with Crippen molar-refractivity contribution in [3.8, 4) is 0 Å². The van der Waals surface area contributed by atoms with Gasteiger partial charge in [0.1, 0.15) is 0 Å². The van der Waals surface area contributed by atoms with Crippen molar-refractivity contribution in [1.82, 2.24) is 4.90 Å². The van der Waals surface area contributed by atoms with Crippen molar-refractivity contribution in [1.29, 1.82) is 0 Å². The van der Waals surface area contributed by atoms with Crippen molar-refractivity contribution in [3.63, 3.8) is 0 Å². The molecule has 0 aromatic heterocycles. The minimum Gasteiger partial charge on any atom is -0.481 e. The fourth-order valence-corrected chi connectivity index (χ4v) is 2.27. The van der Waals surface area contributed by atoms with Gasteiger partial charge in [0.25, 0.3) is 5.91 Å². The summed E-state index contributed by atoms with van der Waals surface area (Å²) in [7, 11) is 0. The van der Waals surface area contributed by atoms with Gasteiger partial charge >= 0.3 is 5.97 Å². The molecule has 1 aromatic carbocycles. The molecular weight excluding hydrogens is 244 g/mol. The summed E-state index contributed by atoms with van der Waals surface area (Å²) in [5, 5.41) is 8.66. The highest BCUT2D eigenvalue weighted by molar-refractivity contribution is 5.94. The van der Waals surface area contributed by atoms with Crippen LogP contribution < -0.4 is 5.73 Å². The van der Waals surface area contributed by atoms with Gasteiger partial charge in [0.05, 0.1) is 6.42 Å². The Kier molecular flexibility index (Phi) is 4.16. The number of amides is 1. The third-order valence-electron chi connectivity index (χ3n) is 3.34. The van der Waals surface area contributed by atoms with Gasteiger partial charge in [-0.2, -0.15) is 0 Å². The maximum atomic E-state index is 12.1. The van der Waals surface area contributed by atoms with Crippen LogP contribution in [0.4, 0.5) is 0 Å². The number of aliphatic carboxylic acids is 1. The van der Waals surface area contributed by atoms with Crippen LogP contribution in [0.2, 0.25) is 0 Å². The van der Waals surface area contributed by atoms with Gasteiger partial charge in [-0.25, -0.2) is 0 Å². The first kappa shape index (κ1) is 13.5. The summed E-state index contributed by atoms with van der Waals surface area (Å²) in [6.07, 6.45) is 0.943. The summed E-state index contributed by atoms with van der Waals surface area (Å²) in [5.41, 5.74) is 7.23. The lowest BCUT2D eigenvalue weighted by molar-refractivity contribution is -0.139. The number of benzene rings is 1. The fourth-order valence-electron chi connectivity index (χ4n) is 2.27. The molecule has 0 bridgehead atoms. The number of nitrogens with zero attached hydrogens (tertiary/aromatic N) is 1. The zero-order valence-electron chi connectivity index (χ0n) is 10.7. The quantitative estimate of drug-likeness (QED) is 0.819. The second kappa shape index (κ2) is 5.84. The average Bonchev–Trinajstić information content (AvgIpc) is 2.33. The molecule has 2 rings (SSSR count). The molecule has 3 N–H and O–H groups in total. The third kappa shape index (κ3) is 3.32. The lowest BCUT2D eigenvalue weighted by Gasteiger charge is -2.38. The van der Waals surface area contributed by atoms with Crippen LogP contribution in [0.1, 0.15) is 22.3 Å². The number of carbonyl (C=O) groups is 2. The van der Waals surface area contributed by atoms with Crippen LogP contribution >= 0.6 is 0 Å². The number of carbonyl (C=O) groups excluding carboxylic acids is 1. The van der Waals surface area contributed by atoms with E-state index in [9.17, 15) is 9.59 Å². The van der Waals surface area contributed by atoms with Gasteiger partial charge in [-0.3, -0.25) is 9.59 Å². The molecule has 1 aliphatic heterocycles. The standard InChI is InChI=1S/C14H18N2O3/c15-6-5-10-1-3-12(4-2-10)14(19)16-8-11(9-16)7-13(17)18/h1-4,11H,5-9,15H2,(H,17,18). The highest BCUT2D eigenvalue weighted by atomic mass is 16.4. The zero-order valence-corrected chi connectivity index (χ0v) is 10.7. The number of carboxylic acids is 1. The van der Waals surface area contributed by atoms with Crippen LogP contribution in [-0.4, -0.2) is 41.5 Å². The number of hydrogen-bond acceptors (Lipinski definition) is 3. The molecule has 0 radical (unpaired) electrons. The number of hydrogen-bond donors (Lipinski definition) is 2. The molecule has 102 valence electrons. The topological polar surface area (TPSA) is 83.6 Å². The fraction of sp³-hybridized carbons (Fsp3) is 0.429. The molecule has 0 spiro atoms. The highest BCUT2D eigenvalue weighted by Crippen LogP contribution is 2.21. The van der Waals surface area contributed by atoms with Gasteiger partial charge in [0.2, 0.25) is 0 Å². The molecule has 0 unspecified atom stereocenters. The van der Waals surface area contributed by atoms with Crippen LogP contribution in [0.15, 0.2) is 24.3 Å². The summed E-state index contributed by atoms with van der Waals surface area (Å²) in [5.74, 6) is -0.734. The Morgan fingerprint density at radius 3 is 2.42 bits per heavy atom. The summed E-state index contributed by atoms with van der Waals surface area (Å²) in [4.78, 5) is 24.3. The Labute approximate surface area is 112 Å². The Morgan fingerprint density at radius 1 is 1.26 bits per heavy atom. The Morgan fingerprint density at radius 2 is 1.89 bits per heavy atom. The molecule has 0 aliphatic carbocycles. The average molecular weight is 262 g/mol. The number of carboxylic acid groups (broad SMARTS) is 1. The zero-order chi connectivity index (χ0) is 13.8. The monoisotopic (exact) mass is 262 g/mol. The minimum absolute atomic E-state index is 0.0269. The van der Waals surface area contributed by atoms with E-state index in [1.807, 2.05) is 12.1 Å².